The second-order valence-corrected chi connectivity index (χ2v) is 6.79. The van der Waals surface area contributed by atoms with Crippen LogP contribution in [0.5, 0.6) is 0 Å². The van der Waals surface area contributed by atoms with Gasteiger partial charge in [0.1, 0.15) is 0 Å². The molecule has 0 fully saturated rings. The molecule has 0 aliphatic heterocycles. The van der Waals surface area contributed by atoms with E-state index in [1.807, 2.05) is 19.1 Å². The van der Waals surface area contributed by atoms with Gasteiger partial charge in [-0.25, -0.2) is 4.79 Å². The molecule has 142 valence electrons. The molecule has 1 aromatic heterocycles. The predicted molar refractivity (Wildman–Crippen MR) is 111 cm³/mol. The molecule has 1 aliphatic carbocycles. The molecule has 0 saturated heterocycles. The highest BCUT2D eigenvalue weighted by atomic mass is 35.5. The number of aromatic nitrogens is 1. The van der Waals surface area contributed by atoms with E-state index < -0.39 is 0 Å². The van der Waals surface area contributed by atoms with Crippen LogP contribution in [0.3, 0.4) is 0 Å². The van der Waals surface area contributed by atoms with Crippen molar-refractivity contribution in [1.82, 2.24) is 10.3 Å². The van der Waals surface area contributed by atoms with Gasteiger partial charge in [0, 0.05) is 23.1 Å². The van der Waals surface area contributed by atoms with Crippen LogP contribution < -0.4 is 5.32 Å². The number of aryl methyl sites for hydroxylation is 1. The van der Waals surface area contributed by atoms with E-state index in [1.54, 1.807) is 0 Å². The van der Waals surface area contributed by atoms with Crippen LogP contribution in [0.1, 0.15) is 46.4 Å². The number of carbonyl (C=O) groups is 1. The first kappa shape index (κ1) is 19.5. The van der Waals surface area contributed by atoms with E-state index in [4.69, 9.17) is 4.74 Å². The summed E-state index contributed by atoms with van der Waals surface area (Å²) in [5.41, 5.74) is 5.78. The highest BCUT2D eigenvalue weighted by molar-refractivity contribution is 5.89. The van der Waals surface area contributed by atoms with Crippen LogP contribution in [-0.4, -0.2) is 24.1 Å². The molecule has 0 bridgehead atoms. The maximum Gasteiger partial charge on any atom is 0.338 e. The Morgan fingerprint density at radius 3 is 2.96 bits per heavy atom. The van der Waals surface area contributed by atoms with Gasteiger partial charge in [-0.1, -0.05) is 24.3 Å². The first-order valence-corrected chi connectivity index (χ1v) is 9.34. The number of nitrogens with one attached hydrogen (secondary N) is 2. The minimum absolute atomic E-state index is 0. The number of benzene rings is 2. The Labute approximate surface area is 165 Å². The molecule has 3 aromatic rings. The highest BCUT2D eigenvalue weighted by Crippen LogP contribution is 2.32. The van der Waals surface area contributed by atoms with Crippen LogP contribution in [0.25, 0.3) is 10.9 Å². The fraction of sp³-hybridized carbons (Fsp3) is 0.318. The van der Waals surface area contributed by atoms with Crippen LogP contribution in [0, 0.1) is 0 Å². The molecule has 1 unspecified atom stereocenters. The molecule has 0 saturated carbocycles. The number of para-hydroxylation sites is 1. The van der Waals surface area contributed by atoms with Gasteiger partial charge in [-0.05, 0) is 67.6 Å². The van der Waals surface area contributed by atoms with Gasteiger partial charge in [0.05, 0.1) is 12.2 Å². The Hall–Kier alpha value is -2.30. The topological polar surface area (TPSA) is 54.1 Å². The second kappa shape index (κ2) is 8.59. The van der Waals surface area contributed by atoms with E-state index in [0.29, 0.717) is 18.2 Å². The largest absolute Gasteiger partial charge is 0.462 e. The zero-order valence-electron chi connectivity index (χ0n) is 15.5. The summed E-state index contributed by atoms with van der Waals surface area (Å²) >= 11 is 0. The van der Waals surface area contributed by atoms with Gasteiger partial charge in [0.2, 0.25) is 0 Å². The molecule has 0 amide bonds. The van der Waals surface area contributed by atoms with Crippen molar-refractivity contribution < 1.29 is 9.53 Å². The Morgan fingerprint density at radius 2 is 2.11 bits per heavy atom. The van der Waals surface area contributed by atoms with Gasteiger partial charge in [0.25, 0.3) is 0 Å². The number of rotatable bonds is 6. The van der Waals surface area contributed by atoms with Crippen LogP contribution in [0.2, 0.25) is 0 Å². The normalized spacial score (nSPS) is 15.4. The Balaban J connectivity index is 0.00000210. The lowest BCUT2D eigenvalue weighted by atomic mass is 10.0. The van der Waals surface area contributed by atoms with Crippen molar-refractivity contribution in [3.05, 3.63) is 70.9 Å². The molecule has 0 radical (unpaired) electrons. The van der Waals surface area contributed by atoms with Crippen molar-refractivity contribution in [1.29, 1.82) is 0 Å². The third kappa shape index (κ3) is 4.02. The van der Waals surface area contributed by atoms with Gasteiger partial charge >= 0.3 is 5.97 Å². The average Bonchev–Trinajstić information content (AvgIpc) is 3.26. The van der Waals surface area contributed by atoms with Gasteiger partial charge < -0.3 is 15.0 Å². The summed E-state index contributed by atoms with van der Waals surface area (Å²) < 4.78 is 5.10. The average molecular weight is 385 g/mol. The Kier molecular flexibility index (Phi) is 6.19. The van der Waals surface area contributed by atoms with Crippen molar-refractivity contribution in [2.24, 2.45) is 0 Å². The minimum atomic E-state index is -0.231. The number of fused-ring (bicyclic) bond motifs is 2. The van der Waals surface area contributed by atoms with Crippen LogP contribution in [-0.2, 0) is 17.6 Å². The molecule has 27 heavy (non-hydrogen) atoms. The molecule has 2 aromatic carbocycles. The summed E-state index contributed by atoms with van der Waals surface area (Å²) in [6.45, 7) is 3.18. The lowest BCUT2D eigenvalue weighted by Crippen LogP contribution is -2.21. The first-order chi connectivity index (χ1) is 12.8. The SMILES string of the molecule is CCOC(=O)c1ccc2c(c1)CCC2NCCc1c[nH]c2ccccc12.Cl. The van der Waals surface area contributed by atoms with Crippen LogP contribution >= 0.6 is 12.4 Å². The Morgan fingerprint density at radius 1 is 1.26 bits per heavy atom. The first-order valence-electron chi connectivity index (χ1n) is 9.34. The van der Waals surface area contributed by atoms with E-state index >= 15 is 0 Å². The number of ether oxygens (including phenoxy) is 1. The zero-order valence-corrected chi connectivity index (χ0v) is 16.3. The summed E-state index contributed by atoms with van der Waals surface area (Å²) in [7, 11) is 0. The molecule has 5 heteroatoms. The third-order valence-electron chi connectivity index (χ3n) is 5.19. The van der Waals surface area contributed by atoms with Gasteiger partial charge in [-0.3, -0.25) is 0 Å². The molecular weight excluding hydrogens is 360 g/mol. The number of carbonyl (C=O) groups excluding carboxylic acids is 1. The lowest BCUT2D eigenvalue weighted by molar-refractivity contribution is 0.0526. The van der Waals surface area contributed by atoms with Gasteiger partial charge in [0.15, 0.2) is 0 Å². The summed E-state index contributed by atoms with van der Waals surface area (Å²) in [5, 5.41) is 4.99. The minimum Gasteiger partial charge on any atom is -0.462 e. The smallest absolute Gasteiger partial charge is 0.338 e. The molecule has 1 aliphatic rings. The monoisotopic (exact) mass is 384 g/mol. The molecule has 0 spiro atoms. The molecule has 2 N–H and O–H groups in total. The van der Waals surface area contributed by atoms with Crippen molar-refractivity contribution in [3.8, 4) is 0 Å². The summed E-state index contributed by atoms with van der Waals surface area (Å²) in [4.78, 5) is 15.2. The van der Waals surface area contributed by atoms with Crippen LogP contribution in [0.4, 0.5) is 0 Å². The third-order valence-corrected chi connectivity index (χ3v) is 5.19. The Bertz CT molecular complexity index is 935. The highest BCUT2D eigenvalue weighted by Gasteiger charge is 2.23. The zero-order chi connectivity index (χ0) is 17.9. The quantitative estimate of drug-likeness (QED) is 0.611. The van der Waals surface area contributed by atoms with E-state index in [2.05, 4.69) is 46.8 Å². The predicted octanol–water partition coefficient (Wildman–Crippen LogP) is 4.59. The number of hydrogen-bond acceptors (Lipinski definition) is 3. The molecule has 4 nitrogen and oxygen atoms in total. The number of esters is 1. The summed E-state index contributed by atoms with van der Waals surface area (Å²) in [5.74, 6) is -0.231. The molecule has 1 heterocycles. The standard InChI is InChI=1S/C22H24N2O2.ClH/c1-2-26-22(25)16-7-9-19-15(13-16)8-10-21(19)23-12-11-17-14-24-20-6-4-3-5-18(17)20;/h3-7,9,13-14,21,23-24H,2,8,10-12H2,1H3;1H. The fourth-order valence-corrected chi connectivity index (χ4v) is 3.89. The number of H-pyrrole nitrogens is 1. The number of aromatic amines is 1. The molecular formula is C22H25ClN2O2. The van der Waals surface area contributed by atoms with E-state index in [9.17, 15) is 4.79 Å². The maximum absolute atomic E-state index is 11.9. The van der Waals surface area contributed by atoms with E-state index in [-0.39, 0.29) is 18.4 Å². The lowest BCUT2D eigenvalue weighted by Gasteiger charge is -2.14. The molecule has 1 atom stereocenters. The van der Waals surface area contributed by atoms with Crippen LogP contribution in [0.15, 0.2) is 48.7 Å². The summed E-state index contributed by atoms with van der Waals surface area (Å²) in [6, 6.07) is 14.8. The fourth-order valence-electron chi connectivity index (χ4n) is 3.89. The van der Waals surface area contributed by atoms with Crippen molar-refractivity contribution in [2.45, 2.75) is 32.2 Å². The number of hydrogen-bond donors (Lipinski definition) is 2. The van der Waals surface area contributed by atoms with Gasteiger partial charge in [-0.15, -0.1) is 12.4 Å². The summed E-state index contributed by atoms with van der Waals surface area (Å²) in [6.07, 6.45) is 5.19. The second-order valence-electron chi connectivity index (χ2n) is 6.79. The molecule has 4 rings (SSSR count). The van der Waals surface area contributed by atoms with Crippen molar-refractivity contribution in [2.75, 3.05) is 13.2 Å². The van der Waals surface area contributed by atoms with E-state index in [1.165, 1.54) is 27.6 Å². The van der Waals surface area contributed by atoms with Gasteiger partial charge in [-0.2, -0.15) is 0 Å². The van der Waals surface area contributed by atoms with E-state index in [0.717, 1.165) is 25.8 Å². The number of halogens is 1. The maximum atomic E-state index is 11.9. The van der Waals surface area contributed by atoms with Crippen molar-refractivity contribution >= 4 is 29.3 Å². The van der Waals surface area contributed by atoms with Crippen molar-refractivity contribution in [3.63, 3.8) is 0 Å².